The van der Waals surface area contributed by atoms with Gasteiger partial charge in [0.25, 0.3) is 10.0 Å². The van der Waals surface area contributed by atoms with E-state index in [9.17, 15) is 13.5 Å². The molecule has 0 spiro atoms. The Bertz CT molecular complexity index is 889. The van der Waals surface area contributed by atoms with Crippen LogP contribution in [-0.4, -0.2) is 14.3 Å². The fourth-order valence-electron chi connectivity index (χ4n) is 2.86. The SMILES string of the molecule is CC1CCc2c(sc(NS(=O)(=O)c3ccc(Cl)cc3)c2C(=N)[O-])C1. The average Bonchev–Trinajstić information content (AvgIpc) is 2.83. The number of sulfonamides is 1. The van der Waals surface area contributed by atoms with Crippen LogP contribution in [0.25, 0.3) is 0 Å². The van der Waals surface area contributed by atoms with Crippen molar-refractivity contribution in [2.75, 3.05) is 4.72 Å². The second-order valence-corrected chi connectivity index (χ2v) is 9.17. The molecular formula is C16H16ClN2O3S2-. The highest BCUT2D eigenvalue weighted by molar-refractivity contribution is 7.93. The second kappa shape index (κ2) is 6.38. The fraction of sp³-hybridized carbons (Fsp3) is 0.312. The van der Waals surface area contributed by atoms with E-state index >= 15 is 0 Å². The zero-order valence-electron chi connectivity index (χ0n) is 12.9. The zero-order valence-corrected chi connectivity index (χ0v) is 15.3. The lowest BCUT2D eigenvalue weighted by Gasteiger charge is -2.20. The monoisotopic (exact) mass is 383 g/mol. The van der Waals surface area contributed by atoms with Gasteiger partial charge >= 0.3 is 0 Å². The Balaban J connectivity index is 2.00. The molecule has 0 radical (unpaired) electrons. The lowest BCUT2D eigenvalue weighted by molar-refractivity contribution is -0.214. The molecule has 1 aliphatic rings. The summed E-state index contributed by atoms with van der Waals surface area (Å²) in [5.74, 6) is -0.360. The molecule has 0 bridgehead atoms. The summed E-state index contributed by atoms with van der Waals surface area (Å²) in [7, 11) is -3.83. The van der Waals surface area contributed by atoms with Gasteiger partial charge in [-0.15, -0.1) is 11.3 Å². The van der Waals surface area contributed by atoms with Crippen LogP contribution in [0.2, 0.25) is 5.02 Å². The molecule has 0 amide bonds. The summed E-state index contributed by atoms with van der Waals surface area (Å²) in [6.07, 6.45) is 2.45. The number of anilines is 1. The molecule has 1 atom stereocenters. The van der Waals surface area contributed by atoms with E-state index in [0.717, 1.165) is 23.3 Å². The first-order valence-electron chi connectivity index (χ1n) is 7.47. The summed E-state index contributed by atoms with van der Waals surface area (Å²) < 4.78 is 27.6. The smallest absolute Gasteiger partial charge is 0.262 e. The molecule has 5 nitrogen and oxygen atoms in total. The Hall–Kier alpha value is -1.57. The molecular weight excluding hydrogens is 368 g/mol. The summed E-state index contributed by atoms with van der Waals surface area (Å²) in [6.45, 7) is 2.13. The van der Waals surface area contributed by atoms with Crippen molar-refractivity contribution in [3.63, 3.8) is 0 Å². The Labute approximate surface area is 149 Å². The largest absolute Gasteiger partial charge is 0.859 e. The highest BCUT2D eigenvalue weighted by Crippen LogP contribution is 2.40. The summed E-state index contributed by atoms with van der Waals surface area (Å²) >= 11 is 7.05. The number of halogens is 1. The van der Waals surface area contributed by atoms with Gasteiger partial charge in [0, 0.05) is 15.5 Å². The summed E-state index contributed by atoms with van der Waals surface area (Å²) in [5.41, 5.74) is 1.02. The standard InChI is InChI=1S/C16H17ClN2O3S2/c1-9-2-7-12-13(8-9)23-16(14(12)15(18)20)19-24(21,22)11-5-3-10(17)4-6-11/h3-6,9,19H,2,7-8H2,1H3,(H2,18,20)/p-1. The van der Waals surface area contributed by atoms with Crippen molar-refractivity contribution in [2.45, 2.75) is 31.1 Å². The highest BCUT2D eigenvalue weighted by atomic mass is 35.5. The number of rotatable bonds is 4. The minimum absolute atomic E-state index is 0.0648. The summed E-state index contributed by atoms with van der Waals surface area (Å²) in [5, 5.41) is 20.0. The first kappa shape index (κ1) is 17.3. The van der Waals surface area contributed by atoms with E-state index in [-0.39, 0.29) is 15.5 Å². The Kier molecular flexibility index (Phi) is 4.59. The molecule has 0 saturated carbocycles. The lowest BCUT2D eigenvalue weighted by atomic mass is 9.88. The molecule has 1 aromatic carbocycles. The fourth-order valence-corrected chi connectivity index (χ4v) is 5.70. The molecule has 2 N–H and O–H groups in total. The molecule has 1 aromatic heterocycles. The first-order chi connectivity index (χ1) is 11.3. The number of hydrogen-bond donors (Lipinski definition) is 2. The van der Waals surface area contributed by atoms with Crippen molar-refractivity contribution < 1.29 is 13.5 Å². The van der Waals surface area contributed by atoms with E-state index in [1.807, 2.05) is 0 Å². The van der Waals surface area contributed by atoms with Gasteiger partial charge in [0.05, 0.1) is 4.90 Å². The van der Waals surface area contributed by atoms with Crippen LogP contribution in [0.15, 0.2) is 29.2 Å². The topological polar surface area (TPSA) is 93.1 Å². The average molecular weight is 384 g/mol. The predicted molar refractivity (Wildman–Crippen MR) is 94.6 cm³/mol. The third-order valence-electron chi connectivity index (χ3n) is 4.09. The quantitative estimate of drug-likeness (QED) is 0.627. The molecule has 0 aliphatic heterocycles. The maximum absolute atomic E-state index is 12.5. The number of thiophene rings is 1. The van der Waals surface area contributed by atoms with Crippen molar-refractivity contribution in [3.05, 3.63) is 45.3 Å². The van der Waals surface area contributed by atoms with Crippen LogP contribution in [-0.2, 0) is 22.9 Å². The van der Waals surface area contributed by atoms with Gasteiger partial charge in [-0.3, -0.25) is 4.72 Å². The molecule has 0 fully saturated rings. The second-order valence-electron chi connectivity index (χ2n) is 5.94. The normalized spacial score (nSPS) is 17.3. The van der Waals surface area contributed by atoms with Gasteiger partial charge in [0.15, 0.2) is 0 Å². The summed E-state index contributed by atoms with van der Waals surface area (Å²) in [4.78, 5) is 1.06. The zero-order chi connectivity index (χ0) is 17.5. The van der Waals surface area contributed by atoms with Gasteiger partial charge in [0.1, 0.15) is 5.00 Å². The minimum Gasteiger partial charge on any atom is -0.859 e. The van der Waals surface area contributed by atoms with Crippen molar-refractivity contribution in [2.24, 2.45) is 5.92 Å². The van der Waals surface area contributed by atoms with E-state index in [0.29, 0.717) is 17.4 Å². The van der Waals surface area contributed by atoms with Crippen LogP contribution >= 0.6 is 22.9 Å². The maximum atomic E-state index is 12.5. The van der Waals surface area contributed by atoms with Gasteiger partial charge in [-0.25, -0.2) is 8.42 Å². The van der Waals surface area contributed by atoms with Crippen LogP contribution in [0, 0.1) is 11.3 Å². The third-order valence-corrected chi connectivity index (χ3v) is 7.01. The Morgan fingerprint density at radius 1 is 1.38 bits per heavy atom. The molecule has 0 saturated heterocycles. The molecule has 1 unspecified atom stereocenters. The number of nitrogens with one attached hydrogen (secondary N) is 2. The molecule has 1 heterocycles. The third kappa shape index (κ3) is 3.29. The van der Waals surface area contributed by atoms with E-state index in [2.05, 4.69) is 11.6 Å². The Morgan fingerprint density at radius 3 is 2.67 bits per heavy atom. The summed E-state index contributed by atoms with van der Waals surface area (Å²) in [6, 6.07) is 5.80. The predicted octanol–water partition coefficient (Wildman–Crippen LogP) is 3.01. The molecule has 128 valence electrons. The van der Waals surface area contributed by atoms with E-state index < -0.39 is 15.9 Å². The van der Waals surface area contributed by atoms with Gasteiger partial charge in [-0.1, -0.05) is 18.5 Å². The number of benzene rings is 1. The van der Waals surface area contributed by atoms with Crippen LogP contribution in [0.5, 0.6) is 0 Å². The maximum Gasteiger partial charge on any atom is 0.262 e. The molecule has 8 heteroatoms. The van der Waals surface area contributed by atoms with Gasteiger partial charge in [-0.05, 0) is 60.9 Å². The van der Waals surface area contributed by atoms with E-state index in [1.165, 1.54) is 35.6 Å². The van der Waals surface area contributed by atoms with Crippen LogP contribution in [0.1, 0.15) is 29.3 Å². The molecule has 3 rings (SSSR count). The molecule has 1 aliphatic carbocycles. The van der Waals surface area contributed by atoms with E-state index in [4.69, 9.17) is 17.0 Å². The van der Waals surface area contributed by atoms with Crippen molar-refractivity contribution in [1.82, 2.24) is 0 Å². The first-order valence-corrected chi connectivity index (χ1v) is 10.1. The van der Waals surface area contributed by atoms with Crippen molar-refractivity contribution >= 4 is 43.9 Å². The molecule has 24 heavy (non-hydrogen) atoms. The van der Waals surface area contributed by atoms with Crippen molar-refractivity contribution in [3.8, 4) is 0 Å². The molecule has 2 aromatic rings. The van der Waals surface area contributed by atoms with E-state index in [1.54, 1.807) is 0 Å². The van der Waals surface area contributed by atoms with Crippen LogP contribution in [0.3, 0.4) is 0 Å². The van der Waals surface area contributed by atoms with Crippen LogP contribution < -0.4 is 9.83 Å². The Morgan fingerprint density at radius 2 is 2.04 bits per heavy atom. The number of hydrogen-bond acceptors (Lipinski definition) is 5. The highest BCUT2D eigenvalue weighted by Gasteiger charge is 2.26. The van der Waals surface area contributed by atoms with Crippen LogP contribution in [0.4, 0.5) is 5.00 Å². The van der Waals surface area contributed by atoms with Crippen molar-refractivity contribution in [1.29, 1.82) is 5.41 Å². The number of fused-ring (bicyclic) bond motifs is 1. The minimum atomic E-state index is -3.83. The van der Waals surface area contributed by atoms with Gasteiger partial charge < -0.3 is 10.5 Å². The lowest BCUT2D eigenvalue weighted by Crippen LogP contribution is -2.22. The van der Waals surface area contributed by atoms with Gasteiger partial charge in [0.2, 0.25) is 0 Å². The van der Waals surface area contributed by atoms with Gasteiger partial charge in [-0.2, -0.15) is 0 Å².